The number of hydrazone groups is 1. The van der Waals surface area contributed by atoms with Crippen LogP contribution >= 0.6 is 12.4 Å². The summed E-state index contributed by atoms with van der Waals surface area (Å²) in [6, 6.07) is 0. The van der Waals surface area contributed by atoms with Gasteiger partial charge in [0, 0.05) is 23.5 Å². The van der Waals surface area contributed by atoms with Gasteiger partial charge in [-0.3, -0.25) is 5.43 Å². The number of nitrogens with one attached hydrogen (secondary N) is 2. The molecule has 0 bridgehead atoms. The number of nitrogens with zero attached hydrogens (tertiary/aromatic N) is 7. The van der Waals surface area contributed by atoms with Crippen LogP contribution in [0.15, 0.2) is 27.7 Å². The van der Waals surface area contributed by atoms with E-state index in [0.29, 0.717) is 29.0 Å². The zero-order valence-corrected chi connectivity index (χ0v) is 16.7. The van der Waals surface area contributed by atoms with Crippen LogP contribution in [0.2, 0.25) is 0 Å². The summed E-state index contributed by atoms with van der Waals surface area (Å²) in [7, 11) is 0. The van der Waals surface area contributed by atoms with E-state index in [9.17, 15) is 0 Å². The molecule has 13 heteroatoms. The van der Waals surface area contributed by atoms with Crippen molar-refractivity contribution in [1.29, 1.82) is 0 Å². The number of rotatable bonds is 6. The predicted octanol–water partition coefficient (Wildman–Crippen LogP) is 0.424. The van der Waals surface area contributed by atoms with Gasteiger partial charge in [0.15, 0.2) is 0 Å². The lowest BCUT2D eigenvalue weighted by Gasteiger charge is -2.08. The summed E-state index contributed by atoms with van der Waals surface area (Å²) in [4.78, 5) is 16.9. The molecule has 0 aliphatic carbocycles. The quantitative estimate of drug-likeness (QED) is 0.196. The first kappa shape index (κ1) is 22.7. The Hall–Kier alpha value is -3.38. The largest absolute Gasteiger partial charge is 0.369 e. The number of aromatic nitrogens is 4. The van der Waals surface area contributed by atoms with Crippen molar-refractivity contribution in [1.82, 2.24) is 19.9 Å². The molecule has 0 amide bonds. The van der Waals surface area contributed by atoms with E-state index in [1.165, 1.54) is 0 Å². The Morgan fingerprint density at radius 1 is 0.893 bits per heavy atom. The van der Waals surface area contributed by atoms with Gasteiger partial charge >= 0.3 is 0 Å². The van der Waals surface area contributed by atoms with Gasteiger partial charge in [-0.1, -0.05) is 0 Å². The second-order valence-electron chi connectivity index (χ2n) is 5.55. The van der Waals surface area contributed by atoms with Gasteiger partial charge in [-0.05, 0) is 27.7 Å². The molecule has 0 aliphatic heterocycles. The van der Waals surface area contributed by atoms with Crippen molar-refractivity contribution in [2.24, 2.45) is 32.6 Å². The molecule has 0 atom stereocenters. The Balaban J connectivity index is 0.00000392. The highest BCUT2D eigenvalue weighted by Gasteiger charge is 2.08. The number of anilines is 2. The normalized spacial score (nSPS) is 11.5. The summed E-state index contributed by atoms with van der Waals surface area (Å²) in [5, 5.41) is 11.8. The minimum atomic E-state index is -0.120. The molecule has 12 nitrogen and oxygen atoms in total. The lowest BCUT2D eigenvalue weighted by Crippen LogP contribution is -2.22. The average molecular weight is 407 g/mol. The Bertz CT molecular complexity index is 917. The number of nitrogens with two attached hydrogens (primary N) is 3. The molecule has 0 saturated carbocycles. The topological polar surface area (TPSA) is 191 Å². The highest BCUT2D eigenvalue weighted by atomic mass is 35.5. The molecule has 0 fully saturated rings. The zero-order valence-electron chi connectivity index (χ0n) is 15.9. The first-order chi connectivity index (χ1) is 12.8. The van der Waals surface area contributed by atoms with E-state index in [1.807, 2.05) is 20.8 Å². The van der Waals surface area contributed by atoms with Gasteiger partial charge < -0.3 is 11.5 Å². The maximum Gasteiger partial charge on any atom is 0.243 e. The Morgan fingerprint density at radius 3 is 1.96 bits per heavy atom. The zero-order chi connectivity index (χ0) is 20.0. The van der Waals surface area contributed by atoms with Crippen LogP contribution in [0.25, 0.3) is 0 Å². The van der Waals surface area contributed by atoms with Crippen LogP contribution in [0, 0.1) is 13.8 Å². The fourth-order valence-corrected chi connectivity index (χ4v) is 2.15. The van der Waals surface area contributed by atoms with Gasteiger partial charge in [0.25, 0.3) is 0 Å². The van der Waals surface area contributed by atoms with Crippen LogP contribution in [0.3, 0.4) is 0 Å². The molecule has 2 heterocycles. The van der Waals surface area contributed by atoms with Crippen LogP contribution in [0.5, 0.6) is 0 Å². The number of hydrogen-bond acceptors (Lipinski definition) is 10. The smallest absolute Gasteiger partial charge is 0.243 e. The molecule has 2 rings (SSSR count). The second-order valence-corrected chi connectivity index (χ2v) is 5.55. The third kappa shape index (κ3) is 5.82. The Morgan fingerprint density at radius 2 is 1.43 bits per heavy atom. The first-order valence-corrected chi connectivity index (χ1v) is 7.90. The second kappa shape index (κ2) is 10.1. The summed E-state index contributed by atoms with van der Waals surface area (Å²) in [6.07, 6.45) is 3.25. The van der Waals surface area contributed by atoms with Gasteiger partial charge in [0.05, 0.1) is 22.8 Å². The van der Waals surface area contributed by atoms with Crippen LogP contribution < -0.4 is 28.2 Å². The van der Waals surface area contributed by atoms with E-state index in [0.717, 1.165) is 16.8 Å². The van der Waals surface area contributed by atoms with Crippen molar-refractivity contribution in [3.63, 3.8) is 0 Å². The SMILES string of the molecule is C/C(=N/N=C(N)N)c1cnc(N/N=C(\C)c2cnc(NN)nc2C)nc1C.Cl. The van der Waals surface area contributed by atoms with Crippen LogP contribution in [-0.4, -0.2) is 37.3 Å². The van der Waals surface area contributed by atoms with Crippen molar-refractivity contribution in [3.05, 3.63) is 34.9 Å². The molecular formula is C15H23ClN12. The number of aryl methyl sites for hydroxylation is 2. The van der Waals surface area contributed by atoms with Gasteiger partial charge in [-0.2, -0.15) is 10.2 Å². The molecule has 150 valence electrons. The summed E-state index contributed by atoms with van der Waals surface area (Å²) in [5.74, 6) is 5.85. The van der Waals surface area contributed by atoms with Crippen molar-refractivity contribution >= 4 is 41.7 Å². The fourth-order valence-electron chi connectivity index (χ4n) is 2.15. The number of nitrogen functional groups attached to an aromatic ring is 1. The summed E-state index contributed by atoms with van der Waals surface area (Å²) >= 11 is 0. The molecule has 2 aromatic rings. The maximum atomic E-state index is 5.30. The van der Waals surface area contributed by atoms with Gasteiger partial charge in [-0.15, -0.1) is 17.5 Å². The van der Waals surface area contributed by atoms with E-state index < -0.39 is 0 Å². The fraction of sp³-hybridized carbons (Fsp3) is 0.267. The maximum absolute atomic E-state index is 5.30. The van der Waals surface area contributed by atoms with Gasteiger partial charge in [0.2, 0.25) is 17.9 Å². The molecular weight excluding hydrogens is 384 g/mol. The standard InChI is InChI=1S/C15H22N12.ClH/c1-7-11(5-19-14(21-7)23-18)10(4)25-27-15-20-6-12(8(2)22-15)9(3)24-26-13(16)17;/h5-6H,18H2,1-4H3,(H4,16,17,26)(H,19,21,23)(H,20,22,27);1H/b24-9-,25-10+;. The molecule has 0 aliphatic rings. The van der Waals surface area contributed by atoms with Crippen LogP contribution in [0.4, 0.5) is 11.9 Å². The minimum Gasteiger partial charge on any atom is -0.369 e. The third-order valence-corrected chi connectivity index (χ3v) is 3.51. The molecule has 8 N–H and O–H groups in total. The number of hydrazine groups is 1. The lowest BCUT2D eigenvalue weighted by atomic mass is 10.2. The van der Waals surface area contributed by atoms with Crippen LogP contribution in [0.1, 0.15) is 36.4 Å². The lowest BCUT2D eigenvalue weighted by molar-refractivity contribution is 1.05. The van der Waals surface area contributed by atoms with Crippen LogP contribution in [-0.2, 0) is 0 Å². The molecule has 2 aromatic heterocycles. The van der Waals surface area contributed by atoms with Crippen molar-refractivity contribution < 1.29 is 0 Å². The number of guanidine groups is 1. The summed E-state index contributed by atoms with van der Waals surface area (Å²) in [6.45, 7) is 7.24. The minimum absolute atomic E-state index is 0. The average Bonchev–Trinajstić information content (AvgIpc) is 2.64. The molecule has 0 unspecified atom stereocenters. The molecule has 0 aromatic carbocycles. The van der Waals surface area contributed by atoms with Gasteiger partial charge in [0.1, 0.15) is 0 Å². The summed E-state index contributed by atoms with van der Waals surface area (Å²) in [5.41, 5.74) is 20.0. The summed E-state index contributed by atoms with van der Waals surface area (Å²) < 4.78 is 0. The molecule has 0 spiro atoms. The number of hydrogen-bond donors (Lipinski definition) is 5. The highest BCUT2D eigenvalue weighted by molar-refractivity contribution is 6.00. The third-order valence-electron chi connectivity index (χ3n) is 3.51. The van der Waals surface area contributed by atoms with E-state index in [4.69, 9.17) is 17.3 Å². The number of halogens is 1. The monoisotopic (exact) mass is 406 g/mol. The van der Waals surface area contributed by atoms with Gasteiger partial charge in [-0.25, -0.2) is 31.2 Å². The highest BCUT2D eigenvalue weighted by Crippen LogP contribution is 2.11. The predicted molar refractivity (Wildman–Crippen MR) is 112 cm³/mol. The van der Waals surface area contributed by atoms with E-state index in [2.05, 4.69) is 46.1 Å². The Kier molecular flexibility index (Phi) is 8.16. The molecule has 0 radical (unpaired) electrons. The van der Waals surface area contributed by atoms with Crippen molar-refractivity contribution in [2.75, 3.05) is 10.9 Å². The van der Waals surface area contributed by atoms with Crippen molar-refractivity contribution in [2.45, 2.75) is 27.7 Å². The first-order valence-electron chi connectivity index (χ1n) is 7.90. The Labute approximate surface area is 168 Å². The molecule has 0 saturated heterocycles. The van der Waals surface area contributed by atoms with E-state index in [1.54, 1.807) is 19.3 Å². The van der Waals surface area contributed by atoms with Crippen molar-refractivity contribution in [3.8, 4) is 0 Å². The van der Waals surface area contributed by atoms with E-state index in [-0.39, 0.29) is 18.4 Å². The van der Waals surface area contributed by atoms with E-state index >= 15 is 0 Å². The molecule has 28 heavy (non-hydrogen) atoms.